The molecule has 0 saturated heterocycles. The van der Waals surface area contributed by atoms with Crippen molar-refractivity contribution in [3.05, 3.63) is 33.5 Å². The van der Waals surface area contributed by atoms with Crippen molar-refractivity contribution in [1.82, 2.24) is 0 Å². The number of aliphatic hydroxyl groups is 1. The van der Waals surface area contributed by atoms with Gasteiger partial charge in [-0.3, -0.25) is 0 Å². The van der Waals surface area contributed by atoms with Crippen LogP contribution in [0.1, 0.15) is 18.4 Å². The van der Waals surface area contributed by atoms with Gasteiger partial charge in [0.1, 0.15) is 0 Å². The third kappa shape index (κ3) is 1.04. The summed E-state index contributed by atoms with van der Waals surface area (Å²) in [6.07, 6.45) is 1.51. The number of hydrogen-bond acceptors (Lipinski definition) is 4. The fraction of sp³-hybridized carbons (Fsp3) is 0.300. The molecule has 3 nitrogen and oxygen atoms in total. The van der Waals surface area contributed by atoms with Crippen LogP contribution in [-0.2, 0) is 5.60 Å². The molecule has 1 aromatic carbocycles. The summed E-state index contributed by atoms with van der Waals surface area (Å²) in [5, 5.41) is 9.95. The van der Waals surface area contributed by atoms with E-state index < -0.39 is 5.60 Å². The molecule has 1 aliphatic rings. The molecule has 1 fully saturated rings. The van der Waals surface area contributed by atoms with Gasteiger partial charge in [0.2, 0.25) is 0 Å². The average molecular weight is 208 g/mol. The Bertz CT molecular complexity index is 548. The molecular weight excluding hydrogens is 200 g/mol. The Hall–Kier alpha value is -1.13. The highest BCUT2D eigenvalue weighted by atomic mass is 32.1. The fourth-order valence-corrected chi connectivity index (χ4v) is 2.35. The van der Waals surface area contributed by atoms with Crippen LogP contribution in [0.4, 0.5) is 0 Å². The zero-order chi connectivity index (χ0) is 9.76. The van der Waals surface area contributed by atoms with Gasteiger partial charge in [0.15, 0.2) is 5.58 Å². The highest BCUT2D eigenvalue weighted by Crippen LogP contribution is 2.47. The smallest absolute Gasteiger partial charge is 0.396 e. The second-order valence-electron chi connectivity index (χ2n) is 3.62. The van der Waals surface area contributed by atoms with Gasteiger partial charge in [-0.05, 0) is 18.9 Å². The van der Waals surface area contributed by atoms with Gasteiger partial charge in [-0.15, -0.1) is 0 Å². The van der Waals surface area contributed by atoms with E-state index in [1.54, 1.807) is 0 Å². The first-order valence-corrected chi connectivity index (χ1v) is 5.26. The topological polar surface area (TPSA) is 50.4 Å². The molecule has 0 aliphatic heterocycles. The zero-order valence-electron chi connectivity index (χ0n) is 7.32. The minimum absolute atomic E-state index is 0.309. The Kier molecular flexibility index (Phi) is 1.44. The van der Waals surface area contributed by atoms with Crippen LogP contribution in [0, 0.1) is 0 Å². The van der Waals surface area contributed by atoms with E-state index in [1.807, 2.05) is 18.2 Å². The Morgan fingerprint density at radius 1 is 1.43 bits per heavy atom. The minimum atomic E-state index is -0.740. The summed E-state index contributed by atoms with van der Waals surface area (Å²) in [7, 11) is 0. The maximum Gasteiger partial charge on any atom is 0.396 e. The van der Waals surface area contributed by atoms with Crippen LogP contribution in [0.5, 0.6) is 0 Å². The second kappa shape index (κ2) is 2.46. The molecule has 0 radical (unpaired) electrons. The van der Waals surface area contributed by atoms with Crippen LogP contribution in [-0.4, -0.2) is 5.11 Å². The molecule has 0 bridgehead atoms. The van der Waals surface area contributed by atoms with Gasteiger partial charge in [0.05, 0.1) is 10.3 Å². The van der Waals surface area contributed by atoms with E-state index in [9.17, 15) is 9.90 Å². The van der Waals surface area contributed by atoms with Gasteiger partial charge in [0, 0.05) is 5.56 Å². The SMILES string of the molecule is O=c1oc2c(C3(O)CC3)cccc2s1. The third-order valence-corrected chi connectivity index (χ3v) is 3.37. The van der Waals surface area contributed by atoms with Gasteiger partial charge in [-0.2, -0.15) is 0 Å². The van der Waals surface area contributed by atoms with Crippen LogP contribution in [0.2, 0.25) is 0 Å². The van der Waals surface area contributed by atoms with Crippen molar-refractivity contribution in [3.8, 4) is 0 Å². The van der Waals surface area contributed by atoms with Crippen LogP contribution < -0.4 is 4.94 Å². The summed E-state index contributed by atoms with van der Waals surface area (Å²) >= 11 is 1.08. The molecule has 0 unspecified atom stereocenters. The van der Waals surface area contributed by atoms with Crippen LogP contribution in [0.25, 0.3) is 10.3 Å². The molecular formula is C10H8O3S. The largest absolute Gasteiger partial charge is 0.414 e. The van der Waals surface area contributed by atoms with Crippen molar-refractivity contribution in [2.75, 3.05) is 0 Å². The maximum absolute atomic E-state index is 11.1. The summed E-state index contributed by atoms with van der Waals surface area (Å²) in [6, 6.07) is 5.50. The Labute approximate surface area is 83.6 Å². The van der Waals surface area contributed by atoms with E-state index in [4.69, 9.17) is 4.42 Å². The molecule has 1 saturated carbocycles. The maximum atomic E-state index is 11.1. The van der Waals surface area contributed by atoms with Crippen molar-refractivity contribution in [2.24, 2.45) is 0 Å². The van der Waals surface area contributed by atoms with E-state index in [0.29, 0.717) is 5.58 Å². The first-order chi connectivity index (χ1) is 6.69. The molecule has 1 heterocycles. The molecule has 0 amide bonds. The van der Waals surface area contributed by atoms with E-state index in [1.165, 1.54) is 0 Å². The van der Waals surface area contributed by atoms with Crippen molar-refractivity contribution < 1.29 is 9.52 Å². The summed E-state index contributed by atoms with van der Waals surface area (Å²) < 4.78 is 5.88. The molecule has 1 N–H and O–H groups in total. The summed E-state index contributed by atoms with van der Waals surface area (Å²) in [4.78, 5) is 10.8. The van der Waals surface area contributed by atoms with Crippen molar-refractivity contribution in [2.45, 2.75) is 18.4 Å². The van der Waals surface area contributed by atoms with Crippen molar-refractivity contribution >= 4 is 21.6 Å². The quantitative estimate of drug-likeness (QED) is 0.777. The highest BCUT2D eigenvalue weighted by Gasteiger charge is 2.44. The van der Waals surface area contributed by atoms with E-state index in [-0.39, 0.29) is 4.94 Å². The molecule has 14 heavy (non-hydrogen) atoms. The molecule has 2 aromatic rings. The van der Waals surface area contributed by atoms with Crippen LogP contribution in [0.3, 0.4) is 0 Å². The highest BCUT2D eigenvalue weighted by molar-refractivity contribution is 7.16. The standard InChI is InChI=1S/C10H8O3S/c11-9-13-8-6(10(12)4-5-10)2-1-3-7(8)14-9/h1-3,12H,4-5H2. The van der Waals surface area contributed by atoms with Crippen molar-refractivity contribution in [3.63, 3.8) is 0 Å². The normalized spacial score (nSPS) is 18.6. The van der Waals surface area contributed by atoms with Gasteiger partial charge in [0.25, 0.3) is 0 Å². The number of fused-ring (bicyclic) bond motifs is 1. The lowest BCUT2D eigenvalue weighted by Gasteiger charge is -2.06. The lowest BCUT2D eigenvalue weighted by atomic mass is 10.1. The predicted molar refractivity (Wildman–Crippen MR) is 53.5 cm³/mol. The minimum Gasteiger partial charge on any atom is -0.414 e. The molecule has 72 valence electrons. The number of hydrogen-bond donors (Lipinski definition) is 1. The second-order valence-corrected chi connectivity index (χ2v) is 4.60. The summed E-state index contributed by atoms with van der Waals surface area (Å²) in [5.74, 6) is 0. The summed E-state index contributed by atoms with van der Waals surface area (Å²) in [5.41, 5.74) is 0.576. The third-order valence-electron chi connectivity index (χ3n) is 2.58. The van der Waals surface area contributed by atoms with Crippen LogP contribution >= 0.6 is 11.3 Å². The molecule has 0 spiro atoms. The van der Waals surface area contributed by atoms with Gasteiger partial charge in [-0.1, -0.05) is 23.5 Å². The van der Waals surface area contributed by atoms with E-state index in [0.717, 1.165) is 34.4 Å². The monoisotopic (exact) mass is 208 g/mol. The van der Waals surface area contributed by atoms with Crippen molar-refractivity contribution in [1.29, 1.82) is 0 Å². The Morgan fingerprint density at radius 2 is 2.21 bits per heavy atom. The lowest BCUT2D eigenvalue weighted by Crippen LogP contribution is -2.04. The molecule has 3 rings (SSSR count). The number of benzene rings is 1. The number of para-hydroxylation sites is 1. The van der Waals surface area contributed by atoms with Gasteiger partial charge >= 0.3 is 4.94 Å². The van der Waals surface area contributed by atoms with E-state index in [2.05, 4.69) is 0 Å². The first kappa shape index (κ1) is 8.20. The summed E-state index contributed by atoms with van der Waals surface area (Å²) in [6.45, 7) is 0. The van der Waals surface area contributed by atoms with Gasteiger partial charge in [-0.25, -0.2) is 4.79 Å². The Morgan fingerprint density at radius 3 is 2.93 bits per heavy atom. The fourth-order valence-electron chi connectivity index (χ4n) is 1.65. The molecule has 0 atom stereocenters. The van der Waals surface area contributed by atoms with Crippen LogP contribution in [0.15, 0.2) is 27.4 Å². The van der Waals surface area contributed by atoms with E-state index >= 15 is 0 Å². The molecule has 4 heteroatoms. The zero-order valence-corrected chi connectivity index (χ0v) is 8.13. The predicted octanol–water partition coefficient (Wildman–Crippen LogP) is 1.84. The first-order valence-electron chi connectivity index (χ1n) is 4.45. The number of rotatable bonds is 1. The van der Waals surface area contributed by atoms with Gasteiger partial charge < -0.3 is 9.52 Å². The average Bonchev–Trinajstić information content (AvgIpc) is 2.78. The Balaban J connectivity index is 2.38. The molecule has 1 aliphatic carbocycles. The lowest BCUT2D eigenvalue weighted by molar-refractivity contribution is 0.152. The molecule has 1 aromatic heterocycles.